The van der Waals surface area contributed by atoms with Crippen LogP contribution in [-0.2, 0) is 11.3 Å². The van der Waals surface area contributed by atoms with Crippen molar-refractivity contribution in [3.05, 3.63) is 52.6 Å². The maximum atomic E-state index is 12.3. The van der Waals surface area contributed by atoms with Gasteiger partial charge in [0.1, 0.15) is 0 Å². The molecule has 3 N–H and O–H groups in total. The molecule has 6 nitrogen and oxygen atoms in total. The van der Waals surface area contributed by atoms with Crippen LogP contribution in [0.3, 0.4) is 0 Å². The van der Waals surface area contributed by atoms with Gasteiger partial charge < -0.3 is 25.2 Å². The van der Waals surface area contributed by atoms with Crippen LogP contribution in [0.5, 0.6) is 11.5 Å². The van der Waals surface area contributed by atoms with E-state index in [2.05, 4.69) is 10.6 Å². The second-order valence-electron chi connectivity index (χ2n) is 6.50. The lowest BCUT2D eigenvalue weighted by atomic mass is 10.1. The van der Waals surface area contributed by atoms with E-state index in [1.54, 1.807) is 13.2 Å². The fraction of sp³-hybridized carbons (Fsp3) is 0.381. The van der Waals surface area contributed by atoms with Crippen LogP contribution in [0.4, 0.5) is 5.69 Å². The highest BCUT2D eigenvalue weighted by atomic mass is 16.5. The molecule has 0 spiro atoms. The van der Waals surface area contributed by atoms with Crippen LogP contribution in [0.15, 0.2) is 30.3 Å². The lowest BCUT2D eigenvalue weighted by Gasteiger charge is -2.15. The van der Waals surface area contributed by atoms with E-state index in [0.717, 1.165) is 27.9 Å². The maximum Gasteiger partial charge on any atom is 0.262 e. The molecular weight excluding hydrogens is 344 g/mol. The first-order chi connectivity index (χ1) is 12.9. The quantitative estimate of drug-likeness (QED) is 0.590. The molecular formula is C21H28N2O4. The van der Waals surface area contributed by atoms with Gasteiger partial charge in [-0.15, -0.1) is 0 Å². The molecule has 27 heavy (non-hydrogen) atoms. The first-order valence-corrected chi connectivity index (χ1v) is 8.93. The minimum atomic E-state index is -0.221. The van der Waals surface area contributed by atoms with Crippen LogP contribution in [0.25, 0.3) is 0 Å². The number of rotatable bonds is 9. The third-order valence-corrected chi connectivity index (χ3v) is 4.15. The zero-order valence-corrected chi connectivity index (χ0v) is 16.4. The number of benzene rings is 2. The van der Waals surface area contributed by atoms with Gasteiger partial charge in [0.15, 0.2) is 18.1 Å². The normalized spacial score (nSPS) is 10.6. The van der Waals surface area contributed by atoms with Crippen molar-refractivity contribution in [2.45, 2.75) is 27.3 Å². The number of aliphatic hydroxyl groups is 1. The number of ether oxygens (including phenoxy) is 2. The van der Waals surface area contributed by atoms with Gasteiger partial charge in [0.05, 0.1) is 13.7 Å². The molecule has 0 unspecified atom stereocenters. The van der Waals surface area contributed by atoms with Gasteiger partial charge in [-0.1, -0.05) is 23.8 Å². The Hall–Kier alpha value is -2.57. The summed E-state index contributed by atoms with van der Waals surface area (Å²) in [4.78, 5) is 12.3. The summed E-state index contributed by atoms with van der Waals surface area (Å²) < 4.78 is 11.0. The van der Waals surface area contributed by atoms with Gasteiger partial charge in [-0.3, -0.25) is 4.79 Å². The Balaban J connectivity index is 1.98. The van der Waals surface area contributed by atoms with Crippen molar-refractivity contribution < 1.29 is 19.4 Å². The van der Waals surface area contributed by atoms with Crippen LogP contribution in [0.1, 0.15) is 22.3 Å². The predicted molar refractivity (Wildman–Crippen MR) is 107 cm³/mol. The monoisotopic (exact) mass is 372 g/mol. The molecule has 2 aromatic rings. The number of methoxy groups -OCH3 is 1. The van der Waals surface area contributed by atoms with Crippen molar-refractivity contribution in [2.75, 3.05) is 32.2 Å². The van der Waals surface area contributed by atoms with Gasteiger partial charge in [-0.25, -0.2) is 0 Å². The van der Waals surface area contributed by atoms with Crippen molar-refractivity contribution in [3.8, 4) is 11.5 Å². The number of hydrogen-bond donors (Lipinski definition) is 3. The lowest BCUT2D eigenvalue weighted by Crippen LogP contribution is -2.21. The number of anilines is 1. The average Bonchev–Trinajstić information content (AvgIpc) is 2.63. The number of nitrogens with one attached hydrogen (secondary N) is 2. The largest absolute Gasteiger partial charge is 0.493 e. The molecule has 2 rings (SSSR count). The van der Waals surface area contributed by atoms with Gasteiger partial charge in [0.25, 0.3) is 5.91 Å². The van der Waals surface area contributed by atoms with Crippen LogP contribution in [-0.4, -0.2) is 37.9 Å². The summed E-state index contributed by atoms with van der Waals surface area (Å²) in [6, 6.07) is 9.61. The summed E-state index contributed by atoms with van der Waals surface area (Å²) in [5.41, 5.74) is 5.04. The van der Waals surface area contributed by atoms with E-state index >= 15 is 0 Å². The Labute approximate surface area is 160 Å². The van der Waals surface area contributed by atoms with Crippen LogP contribution < -0.4 is 20.1 Å². The highest BCUT2D eigenvalue weighted by Crippen LogP contribution is 2.28. The average molecular weight is 372 g/mol. The topological polar surface area (TPSA) is 79.8 Å². The Morgan fingerprint density at radius 1 is 1.07 bits per heavy atom. The summed E-state index contributed by atoms with van der Waals surface area (Å²) in [6.07, 6.45) is 0. The molecule has 146 valence electrons. The molecule has 6 heteroatoms. The van der Waals surface area contributed by atoms with E-state index in [4.69, 9.17) is 14.6 Å². The summed E-state index contributed by atoms with van der Waals surface area (Å²) in [7, 11) is 1.56. The number of hydrogen-bond acceptors (Lipinski definition) is 5. The van der Waals surface area contributed by atoms with E-state index in [-0.39, 0.29) is 19.1 Å². The van der Waals surface area contributed by atoms with Crippen LogP contribution >= 0.6 is 0 Å². The van der Waals surface area contributed by atoms with Gasteiger partial charge in [0, 0.05) is 18.8 Å². The molecule has 0 aliphatic heterocycles. The molecule has 1 amide bonds. The fourth-order valence-electron chi connectivity index (χ4n) is 2.95. The van der Waals surface area contributed by atoms with Crippen molar-refractivity contribution in [3.63, 3.8) is 0 Å². The van der Waals surface area contributed by atoms with E-state index in [9.17, 15) is 4.79 Å². The zero-order valence-electron chi connectivity index (χ0n) is 16.4. The number of carbonyl (C=O) groups is 1. The summed E-state index contributed by atoms with van der Waals surface area (Å²) in [5.74, 6) is 0.852. The number of carbonyl (C=O) groups excluding carboxylic acids is 1. The Morgan fingerprint density at radius 2 is 1.78 bits per heavy atom. The highest BCUT2D eigenvalue weighted by molar-refractivity contribution is 5.93. The Kier molecular flexibility index (Phi) is 7.64. The predicted octanol–water partition coefficient (Wildman–Crippen LogP) is 2.72. The summed E-state index contributed by atoms with van der Waals surface area (Å²) in [6.45, 7) is 7.11. The Morgan fingerprint density at radius 3 is 2.41 bits per heavy atom. The van der Waals surface area contributed by atoms with Crippen LogP contribution in [0, 0.1) is 20.8 Å². The van der Waals surface area contributed by atoms with E-state index in [1.165, 1.54) is 0 Å². The zero-order chi connectivity index (χ0) is 19.8. The van der Waals surface area contributed by atoms with Gasteiger partial charge in [-0.05, 0) is 49.6 Å². The molecule has 0 heterocycles. The molecule has 0 atom stereocenters. The maximum absolute atomic E-state index is 12.3. The second-order valence-corrected chi connectivity index (χ2v) is 6.50. The highest BCUT2D eigenvalue weighted by Gasteiger charge is 2.11. The van der Waals surface area contributed by atoms with Gasteiger partial charge >= 0.3 is 0 Å². The third-order valence-electron chi connectivity index (χ3n) is 4.15. The lowest BCUT2D eigenvalue weighted by molar-refractivity contribution is -0.118. The number of amides is 1. The second kappa shape index (κ2) is 9.94. The molecule has 0 fully saturated rings. The van der Waals surface area contributed by atoms with Crippen molar-refractivity contribution >= 4 is 11.6 Å². The molecule has 0 bridgehead atoms. The molecule has 0 aromatic heterocycles. The fourth-order valence-corrected chi connectivity index (χ4v) is 2.95. The van der Waals surface area contributed by atoms with Crippen molar-refractivity contribution in [2.24, 2.45) is 0 Å². The van der Waals surface area contributed by atoms with Crippen molar-refractivity contribution in [1.29, 1.82) is 0 Å². The molecule has 0 aliphatic rings. The molecule has 0 saturated heterocycles. The minimum absolute atomic E-state index is 0.0906. The van der Waals surface area contributed by atoms with Crippen LogP contribution in [0.2, 0.25) is 0 Å². The SMILES string of the molecule is COc1cc(CNCCO)ccc1OCC(=O)Nc1c(C)cc(C)cc1C. The Bertz CT molecular complexity index is 767. The van der Waals surface area contributed by atoms with Gasteiger partial charge in [-0.2, -0.15) is 0 Å². The first-order valence-electron chi connectivity index (χ1n) is 8.93. The third kappa shape index (κ3) is 5.98. The minimum Gasteiger partial charge on any atom is -0.493 e. The summed E-state index contributed by atoms with van der Waals surface area (Å²) in [5, 5.41) is 14.8. The number of aliphatic hydroxyl groups excluding tert-OH is 1. The summed E-state index contributed by atoms with van der Waals surface area (Å²) >= 11 is 0. The molecule has 2 aromatic carbocycles. The van der Waals surface area contributed by atoms with Crippen molar-refractivity contribution in [1.82, 2.24) is 5.32 Å². The molecule has 0 saturated carbocycles. The van der Waals surface area contributed by atoms with Gasteiger partial charge in [0.2, 0.25) is 0 Å². The standard InChI is InChI=1S/C21H28N2O4/c1-14-9-15(2)21(16(3)10-14)23-20(25)13-27-18-6-5-17(11-19(18)26-4)12-22-7-8-24/h5-6,9-11,22,24H,7-8,12-13H2,1-4H3,(H,23,25). The molecule has 0 aliphatic carbocycles. The smallest absolute Gasteiger partial charge is 0.262 e. The van der Waals surface area contributed by atoms with E-state index in [0.29, 0.717) is 24.6 Å². The number of aryl methyl sites for hydroxylation is 3. The first kappa shape index (κ1) is 20.7. The van der Waals surface area contributed by atoms with E-state index < -0.39 is 0 Å². The van der Waals surface area contributed by atoms with E-state index in [1.807, 2.05) is 45.0 Å². The molecule has 0 radical (unpaired) electrons.